The molecule has 0 fully saturated rings. The van der Waals surface area contributed by atoms with Crippen molar-refractivity contribution in [2.75, 3.05) is 7.11 Å². The average molecular weight is 368 g/mol. The van der Waals surface area contributed by atoms with Crippen molar-refractivity contribution in [1.82, 2.24) is 0 Å². The summed E-state index contributed by atoms with van der Waals surface area (Å²) in [7, 11) is 1.14. The van der Waals surface area contributed by atoms with Gasteiger partial charge in [0.15, 0.2) is 5.25 Å². The summed E-state index contributed by atoms with van der Waals surface area (Å²) in [5.74, 6) is -0.204. The third kappa shape index (κ3) is 3.52. The molecule has 0 aromatic heterocycles. The summed E-state index contributed by atoms with van der Waals surface area (Å²) in [5.41, 5.74) is -0.561. The maximum Gasteiger partial charge on any atom is 0.410 e. The van der Waals surface area contributed by atoms with Crippen LogP contribution in [0, 0.1) is 0 Å². The van der Waals surface area contributed by atoms with Gasteiger partial charge in [0, 0.05) is 20.7 Å². The van der Waals surface area contributed by atoms with Gasteiger partial charge in [0.1, 0.15) is 5.75 Å². The molecule has 1 rings (SSSR count). The Balaban J connectivity index is 3.53. The first-order valence-corrected chi connectivity index (χ1v) is 7.57. The minimum Gasteiger partial charge on any atom is -0.496 e. The SMILES string of the molecule is COc1ccc(Br)cc1C(C(F)(F)F)S(=O)(=O)Cl. The van der Waals surface area contributed by atoms with E-state index in [1.165, 1.54) is 12.1 Å². The molecule has 0 radical (unpaired) electrons. The molecular formula is C9H7BrClF3O3S. The number of ether oxygens (including phenoxy) is 1. The molecule has 1 atom stereocenters. The first kappa shape index (κ1) is 15.6. The quantitative estimate of drug-likeness (QED) is 0.766. The zero-order valence-corrected chi connectivity index (χ0v) is 12.0. The Morgan fingerprint density at radius 3 is 2.33 bits per heavy atom. The predicted octanol–water partition coefficient (Wildman–Crippen LogP) is 3.63. The lowest BCUT2D eigenvalue weighted by Crippen LogP contribution is -2.26. The summed E-state index contributed by atoms with van der Waals surface area (Å²) in [6.45, 7) is 0. The van der Waals surface area contributed by atoms with Crippen molar-refractivity contribution in [3.63, 3.8) is 0 Å². The van der Waals surface area contributed by atoms with Crippen molar-refractivity contribution >= 4 is 35.7 Å². The number of hydrogen-bond acceptors (Lipinski definition) is 3. The first-order chi connectivity index (χ1) is 8.07. The van der Waals surface area contributed by atoms with Gasteiger partial charge in [-0.3, -0.25) is 0 Å². The monoisotopic (exact) mass is 366 g/mol. The largest absolute Gasteiger partial charge is 0.496 e. The van der Waals surface area contributed by atoms with Crippen molar-refractivity contribution < 1.29 is 26.3 Å². The average Bonchev–Trinajstić information content (AvgIpc) is 2.13. The van der Waals surface area contributed by atoms with Crippen molar-refractivity contribution in [3.8, 4) is 5.75 Å². The zero-order chi connectivity index (χ0) is 14.1. The van der Waals surface area contributed by atoms with E-state index in [4.69, 9.17) is 15.4 Å². The van der Waals surface area contributed by atoms with E-state index in [1.54, 1.807) is 0 Å². The Bertz CT molecular complexity index is 544. The molecule has 0 aliphatic heterocycles. The van der Waals surface area contributed by atoms with Gasteiger partial charge < -0.3 is 4.74 Å². The van der Waals surface area contributed by atoms with Crippen LogP contribution in [-0.4, -0.2) is 21.7 Å². The summed E-state index contributed by atoms with van der Waals surface area (Å²) in [4.78, 5) is 0. The standard InChI is InChI=1S/C9H7BrClF3O3S/c1-17-7-3-2-5(10)4-6(7)8(9(12,13)14)18(11,15)16/h2-4,8H,1H3. The summed E-state index contributed by atoms with van der Waals surface area (Å²) in [6, 6.07) is 3.66. The smallest absolute Gasteiger partial charge is 0.410 e. The molecular weight excluding hydrogens is 361 g/mol. The molecule has 0 amide bonds. The molecule has 0 heterocycles. The first-order valence-electron chi connectivity index (χ1n) is 4.41. The number of rotatable bonds is 3. The third-order valence-corrected chi connectivity index (χ3v) is 4.17. The second-order valence-electron chi connectivity index (χ2n) is 3.28. The molecule has 0 spiro atoms. The van der Waals surface area contributed by atoms with Gasteiger partial charge in [0.05, 0.1) is 7.11 Å². The molecule has 0 aliphatic carbocycles. The van der Waals surface area contributed by atoms with Gasteiger partial charge in [0.2, 0.25) is 9.05 Å². The van der Waals surface area contributed by atoms with E-state index in [0.29, 0.717) is 0 Å². The van der Waals surface area contributed by atoms with Crippen LogP contribution in [0.1, 0.15) is 10.8 Å². The molecule has 0 saturated carbocycles. The Hall–Kier alpha value is -0.470. The van der Waals surface area contributed by atoms with E-state index >= 15 is 0 Å². The topological polar surface area (TPSA) is 43.4 Å². The van der Waals surface area contributed by atoms with Crippen molar-refractivity contribution in [1.29, 1.82) is 0 Å². The van der Waals surface area contributed by atoms with Gasteiger partial charge >= 0.3 is 6.18 Å². The van der Waals surface area contributed by atoms with E-state index in [2.05, 4.69) is 15.9 Å². The highest BCUT2D eigenvalue weighted by molar-refractivity contribution is 9.10. The van der Waals surface area contributed by atoms with Crippen LogP contribution in [0.4, 0.5) is 13.2 Å². The molecule has 18 heavy (non-hydrogen) atoms. The van der Waals surface area contributed by atoms with Crippen LogP contribution in [0.5, 0.6) is 5.75 Å². The number of benzene rings is 1. The molecule has 102 valence electrons. The number of methoxy groups -OCH3 is 1. The minimum atomic E-state index is -5.03. The lowest BCUT2D eigenvalue weighted by Gasteiger charge is -2.20. The van der Waals surface area contributed by atoms with E-state index in [-0.39, 0.29) is 10.2 Å². The van der Waals surface area contributed by atoms with Crippen LogP contribution in [0.3, 0.4) is 0 Å². The van der Waals surface area contributed by atoms with Crippen molar-refractivity contribution in [2.45, 2.75) is 11.4 Å². The molecule has 9 heteroatoms. The third-order valence-electron chi connectivity index (χ3n) is 2.05. The highest BCUT2D eigenvalue weighted by atomic mass is 79.9. The maximum absolute atomic E-state index is 12.8. The number of alkyl halides is 3. The van der Waals surface area contributed by atoms with Crippen LogP contribution >= 0.6 is 26.6 Å². The molecule has 1 aromatic rings. The molecule has 0 bridgehead atoms. The molecule has 3 nitrogen and oxygen atoms in total. The van der Waals surface area contributed by atoms with Gasteiger partial charge in [-0.25, -0.2) is 8.42 Å². The highest BCUT2D eigenvalue weighted by Gasteiger charge is 2.50. The van der Waals surface area contributed by atoms with Gasteiger partial charge in [0.25, 0.3) is 0 Å². The minimum absolute atomic E-state index is 0.204. The van der Waals surface area contributed by atoms with Crippen LogP contribution < -0.4 is 4.74 Å². The van der Waals surface area contributed by atoms with Crippen LogP contribution in [-0.2, 0) is 9.05 Å². The molecule has 1 aromatic carbocycles. The second kappa shape index (κ2) is 5.26. The van der Waals surface area contributed by atoms with E-state index < -0.39 is 26.0 Å². The number of halogens is 5. The van der Waals surface area contributed by atoms with Crippen molar-refractivity contribution in [2.24, 2.45) is 0 Å². The molecule has 0 aliphatic rings. The van der Waals surface area contributed by atoms with Gasteiger partial charge in [-0.05, 0) is 18.2 Å². The molecule has 0 saturated heterocycles. The summed E-state index contributed by atoms with van der Waals surface area (Å²) in [5, 5.41) is -2.83. The van der Waals surface area contributed by atoms with Gasteiger partial charge in [-0.2, -0.15) is 13.2 Å². The van der Waals surface area contributed by atoms with Crippen LogP contribution in [0.15, 0.2) is 22.7 Å². The lowest BCUT2D eigenvalue weighted by atomic mass is 10.1. The fraction of sp³-hybridized carbons (Fsp3) is 0.333. The fourth-order valence-corrected chi connectivity index (χ4v) is 3.17. The number of hydrogen-bond donors (Lipinski definition) is 0. The molecule has 0 N–H and O–H groups in total. The maximum atomic E-state index is 12.8. The highest BCUT2D eigenvalue weighted by Crippen LogP contribution is 2.44. The summed E-state index contributed by atoms with van der Waals surface area (Å²) < 4.78 is 65.7. The predicted molar refractivity (Wildman–Crippen MR) is 64.3 cm³/mol. The Labute approximate surface area is 114 Å². The summed E-state index contributed by atoms with van der Waals surface area (Å²) in [6.07, 6.45) is -5.03. The summed E-state index contributed by atoms with van der Waals surface area (Å²) >= 11 is 2.97. The van der Waals surface area contributed by atoms with Gasteiger partial charge in [-0.1, -0.05) is 15.9 Å². The van der Waals surface area contributed by atoms with Crippen LogP contribution in [0.2, 0.25) is 0 Å². The Morgan fingerprint density at radius 1 is 1.39 bits per heavy atom. The molecule has 1 unspecified atom stereocenters. The van der Waals surface area contributed by atoms with E-state index in [9.17, 15) is 21.6 Å². The Kier molecular flexibility index (Phi) is 4.56. The zero-order valence-electron chi connectivity index (χ0n) is 8.83. The van der Waals surface area contributed by atoms with Crippen LogP contribution in [0.25, 0.3) is 0 Å². The van der Waals surface area contributed by atoms with Gasteiger partial charge in [-0.15, -0.1) is 0 Å². The van der Waals surface area contributed by atoms with E-state index in [1.807, 2.05) is 0 Å². The lowest BCUT2D eigenvalue weighted by molar-refractivity contribution is -0.131. The fourth-order valence-electron chi connectivity index (χ4n) is 1.40. The Morgan fingerprint density at radius 2 is 1.94 bits per heavy atom. The normalized spacial score (nSPS) is 14.3. The van der Waals surface area contributed by atoms with E-state index in [0.717, 1.165) is 13.2 Å². The van der Waals surface area contributed by atoms with Crippen molar-refractivity contribution in [3.05, 3.63) is 28.2 Å². The second-order valence-corrected chi connectivity index (χ2v) is 6.91.